The number of thioether (sulfide) groups is 1. The van der Waals surface area contributed by atoms with Crippen LogP contribution in [-0.2, 0) is 6.42 Å². The molecular weight excluding hydrogens is 154 g/mol. The normalized spacial score (nSPS) is 9.91. The SMILES string of the molecule is CSCCc1cccc(N)c1. The van der Waals surface area contributed by atoms with E-state index in [1.165, 1.54) is 11.3 Å². The van der Waals surface area contributed by atoms with Crippen LogP contribution >= 0.6 is 11.8 Å². The number of anilines is 1. The second-order valence-corrected chi connectivity index (χ2v) is 3.47. The summed E-state index contributed by atoms with van der Waals surface area (Å²) in [5, 5.41) is 0. The number of nitrogens with two attached hydrogens (primary N) is 1. The van der Waals surface area contributed by atoms with Gasteiger partial charge in [0.15, 0.2) is 0 Å². The van der Waals surface area contributed by atoms with E-state index in [1.807, 2.05) is 30.0 Å². The van der Waals surface area contributed by atoms with Crippen LogP contribution in [0.5, 0.6) is 0 Å². The summed E-state index contributed by atoms with van der Waals surface area (Å²) in [5.74, 6) is 1.17. The van der Waals surface area contributed by atoms with Crippen molar-refractivity contribution in [3.8, 4) is 0 Å². The van der Waals surface area contributed by atoms with Crippen molar-refractivity contribution in [2.45, 2.75) is 6.42 Å². The topological polar surface area (TPSA) is 26.0 Å². The van der Waals surface area contributed by atoms with Crippen LogP contribution in [0.15, 0.2) is 24.3 Å². The molecule has 0 spiro atoms. The van der Waals surface area contributed by atoms with Crippen molar-refractivity contribution in [1.29, 1.82) is 0 Å². The minimum absolute atomic E-state index is 0.864. The lowest BCUT2D eigenvalue weighted by Gasteiger charge is -1.99. The van der Waals surface area contributed by atoms with E-state index in [-0.39, 0.29) is 0 Å². The second kappa shape index (κ2) is 4.29. The smallest absolute Gasteiger partial charge is 0.0316 e. The quantitative estimate of drug-likeness (QED) is 0.698. The summed E-state index contributed by atoms with van der Waals surface area (Å²) in [5.41, 5.74) is 7.82. The lowest BCUT2D eigenvalue weighted by molar-refractivity contribution is 1.16. The van der Waals surface area contributed by atoms with Crippen LogP contribution in [0.4, 0.5) is 5.69 Å². The van der Waals surface area contributed by atoms with Crippen molar-refractivity contribution in [2.75, 3.05) is 17.7 Å². The Morgan fingerprint density at radius 1 is 1.45 bits per heavy atom. The standard InChI is InChI=1S/C9H13NS/c1-11-6-5-8-3-2-4-9(10)7-8/h2-4,7H,5-6,10H2,1H3. The summed E-state index contributed by atoms with van der Waals surface area (Å²) in [4.78, 5) is 0. The third-order valence-corrected chi connectivity index (χ3v) is 2.16. The number of rotatable bonds is 3. The Morgan fingerprint density at radius 3 is 2.91 bits per heavy atom. The van der Waals surface area contributed by atoms with E-state index in [0.717, 1.165) is 12.1 Å². The van der Waals surface area contributed by atoms with Crippen LogP contribution in [0.25, 0.3) is 0 Å². The predicted octanol–water partition coefficient (Wildman–Crippen LogP) is 2.17. The van der Waals surface area contributed by atoms with Gasteiger partial charge in [-0.15, -0.1) is 0 Å². The third-order valence-electron chi connectivity index (χ3n) is 1.55. The molecular formula is C9H13NS. The fourth-order valence-corrected chi connectivity index (χ4v) is 1.41. The van der Waals surface area contributed by atoms with Crippen LogP contribution in [0.2, 0.25) is 0 Å². The molecule has 0 saturated carbocycles. The maximum atomic E-state index is 5.62. The molecule has 60 valence electrons. The summed E-state index contributed by atoms with van der Waals surface area (Å²) < 4.78 is 0. The Morgan fingerprint density at radius 2 is 2.27 bits per heavy atom. The van der Waals surface area contributed by atoms with Gasteiger partial charge < -0.3 is 5.73 Å². The Bertz CT molecular complexity index is 223. The Labute approximate surface area is 72.0 Å². The van der Waals surface area contributed by atoms with Gasteiger partial charge in [-0.05, 0) is 36.1 Å². The molecule has 11 heavy (non-hydrogen) atoms. The lowest BCUT2D eigenvalue weighted by atomic mass is 10.1. The zero-order valence-corrected chi connectivity index (χ0v) is 7.53. The molecule has 0 saturated heterocycles. The highest BCUT2D eigenvalue weighted by atomic mass is 32.2. The van der Waals surface area contributed by atoms with Crippen molar-refractivity contribution in [3.63, 3.8) is 0 Å². The molecule has 0 bridgehead atoms. The summed E-state index contributed by atoms with van der Waals surface area (Å²) in [6.07, 6.45) is 3.23. The molecule has 0 heterocycles. The number of hydrogen-bond acceptors (Lipinski definition) is 2. The first kappa shape index (κ1) is 8.47. The zero-order valence-electron chi connectivity index (χ0n) is 6.71. The molecule has 0 unspecified atom stereocenters. The van der Waals surface area contributed by atoms with Crippen molar-refractivity contribution in [3.05, 3.63) is 29.8 Å². The van der Waals surface area contributed by atoms with Gasteiger partial charge in [-0.3, -0.25) is 0 Å². The van der Waals surface area contributed by atoms with E-state index in [4.69, 9.17) is 5.73 Å². The molecule has 0 aromatic heterocycles. The van der Waals surface area contributed by atoms with Crippen molar-refractivity contribution >= 4 is 17.4 Å². The molecule has 0 aliphatic heterocycles. The van der Waals surface area contributed by atoms with Crippen molar-refractivity contribution in [1.82, 2.24) is 0 Å². The largest absolute Gasteiger partial charge is 0.399 e. The van der Waals surface area contributed by atoms with Crippen LogP contribution in [0.1, 0.15) is 5.56 Å². The van der Waals surface area contributed by atoms with Crippen LogP contribution < -0.4 is 5.73 Å². The Kier molecular flexibility index (Phi) is 3.30. The summed E-state index contributed by atoms with van der Waals surface area (Å²) in [7, 11) is 0. The van der Waals surface area contributed by atoms with Crippen molar-refractivity contribution in [2.24, 2.45) is 0 Å². The minimum Gasteiger partial charge on any atom is -0.399 e. The molecule has 0 radical (unpaired) electrons. The first-order chi connectivity index (χ1) is 5.33. The van der Waals surface area contributed by atoms with Crippen LogP contribution in [0, 0.1) is 0 Å². The molecule has 0 fully saturated rings. The fourth-order valence-electron chi connectivity index (χ4n) is 0.969. The molecule has 0 aliphatic carbocycles. The van der Waals surface area contributed by atoms with Crippen molar-refractivity contribution < 1.29 is 0 Å². The Hall–Kier alpha value is -0.630. The predicted molar refractivity (Wildman–Crippen MR) is 52.9 cm³/mol. The summed E-state index contributed by atoms with van der Waals surface area (Å²) in [6.45, 7) is 0. The van der Waals surface area contributed by atoms with Gasteiger partial charge in [0.1, 0.15) is 0 Å². The highest BCUT2D eigenvalue weighted by Crippen LogP contribution is 2.08. The average Bonchev–Trinajstić information content (AvgIpc) is 2.01. The number of benzene rings is 1. The first-order valence-electron chi connectivity index (χ1n) is 3.66. The molecule has 0 atom stereocenters. The highest BCUT2D eigenvalue weighted by Gasteiger charge is 1.91. The van der Waals surface area contributed by atoms with Crippen LogP contribution in [-0.4, -0.2) is 12.0 Å². The average molecular weight is 167 g/mol. The minimum atomic E-state index is 0.864. The second-order valence-electron chi connectivity index (χ2n) is 2.49. The molecule has 0 aliphatic rings. The summed E-state index contributed by atoms with van der Waals surface area (Å²) in [6, 6.07) is 8.08. The molecule has 0 amide bonds. The van der Waals surface area contributed by atoms with E-state index in [1.54, 1.807) is 0 Å². The summed E-state index contributed by atoms with van der Waals surface area (Å²) >= 11 is 1.86. The van der Waals surface area contributed by atoms with E-state index in [9.17, 15) is 0 Å². The molecule has 1 aromatic carbocycles. The highest BCUT2D eigenvalue weighted by molar-refractivity contribution is 7.98. The first-order valence-corrected chi connectivity index (χ1v) is 5.05. The third kappa shape index (κ3) is 2.85. The van der Waals surface area contributed by atoms with E-state index in [0.29, 0.717) is 0 Å². The van der Waals surface area contributed by atoms with E-state index in [2.05, 4.69) is 12.3 Å². The van der Waals surface area contributed by atoms with E-state index >= 15 is 0 Å². The van der Waals surface area contributed by atoms with Gasteiger partial charge in [0.2, 0.25) is 0 Å². The number of nitrogen functional groups attached to an aromatic ring is 1. The van der Waals surface area contributed by atoms with Gasteiger partial charge in [-0.25, -0.2) is 0 Å². The number of aryl methyl sites for hydroxylation is 1. The van der Waals surface area contributed by atoms with Gasteiger partial charge in [-0.2, -0.15) is 11.8 Å². The Balaban J connectivity index is 2.56. The van der Waals surface area contributed by atoms with Gasteiger partial charge in [0, 0.05) is 5.69 Å². The lowest BCUT2D eigenvalue weighted by Crippen LogP contribution is -1.90. The zero-order chi connectivity index (χ0) is 8.10. The number of hydrogen-bond donors (Lipinski definition) is 1. The molecule has 2 heteroatoms. The van der Waals surface area contributed by atoms with Gasteiger partial charge in [0.05, 0.1) is 0 Å². The molecule has 1 rings (SSSR count). The maximum Gasteiger partial charge on any atom is 0.0316 e. The molecule has 1 aromatic rings. The van der Waals surface area contributed by atoms with E-state index < -0.39 is 0 Å². The van der Waals surface area contributed by atoms with Gasteiger partial charge >= 0.3 is 0 Å². The fraction of sp³-hybridized carbons (Fsp3) is 0.333. The van der Waals surface area contributed by atoms with Gasteiger partial charge in [0.25, 0.3) is 0 Å². The maximum absolute atomic E-state index is 5.62. The molecule has 1 nitrogen and oxygen atoms in total. The molecule has 2 N–H and O–H groups in total. The van der Waals surface area contributed by atoms with Crippen LogP contribution in [0.3, 0.4) is 0 Å². The monoisotopic (exact) mass is 167 g/mol. The van der Waals surface area contributed by atoms with Gasteiger partial charge in [-0.1, -0.05) is 12.1 Å².